The lowest BCUT2D eigenvalue weighted by molar-refractivity contribution is -0.384. The Morgan fingerprint density at radius 1 is 1.44 bits per heavy atom. The van der Waals surface area contributed by atoms with Gasteiger partial charge in [0.2, 0.25) is 0 Å². The van der Waals surface area contributed by atoms with Crippen LogP contribution < -0.4 is 11.4 Å². The van der Waals surface area contributed by atoms with Crippen LogP contribution in [0.25, 0.3) is 0 Å². The molecule has 1 aliphatic heterocycles. The molecule has 2 heterocycles. The summed E-state index contributed by atoms with van der Waals surface area (Å²) in [5, 5.41) is 10.3. The second kappa shape index (κ2) is 7.96. The number of benzene rings is 1. The fourth-order valence-electron chi connectivity index (χ4n) is 2.29. The molecule has 9 nitrogen and oxygen atoms in total. The number of nitro groups is 1. The number of hydrogen-bond acceptors (Lipinski definition) is 9. The molecule has 1 aromatic heterocycles. The Kier molecular flexibility index (Phi) is 5.65. The van der Waals surface area contributed by atoms with Crippen molar-refractivity contribution in [3.63, 3.8) is 0 Å². The van der Waals surface area contributed by atoms with Crippen LogP contribution in [0.1, 0.15) is 15.7 Å². The highest BCUT2D eigenvalue weighted by molar-refractivity contribution is 8.20. The minimum Gasteiger partial charge on any atom is -0.460 e. The normalized spacial score (nSPS) is 19.0. The highest BCUT2D eigenvalue weighted by Crippen LogP contribution is 2.43. The second-order valence-corrected chi connectivity index (χ2v) is 8.34. The highest BCUT2D eigenvalue weighted by Gasteiger charge is 2.30. The van der Waals surface area contributed by atoms with Gasteiger partial charge in [-0.1, -0.05) is 0 Å². The van der Waals surface area contributed by atoms with E-state index in [2.05, 4.69) is 4.98 Å². The average molecular weight is 412 g/mol. The number of aromatic nitrogens is 2. The lowest BCUT2D eigenvalue weighted by Gasteiger charge is -2.13. The van der Waals surface area contributed by atoms with Gasteiger partial charge in [0.25, 0.3) is 5.69 Å². The summed E-state index contributed by atoms with van der Waals surface area (Å²) < 4.78 is 19.8. The third-order valence-corrected chi connectivity index (χ3v) is 6.76. The van der Waals surface area contributed by atoms with E-state index in [1.54, 1.807) is 0 Å². The van der Waals surface area contributed by atoms with E-state index in [0.29, 0.717) is 5.75 Å². The van der Waals surface area contributed by atoms with Gasteiger partial charge in [0.15, 0.2) is 11.6 Å². The smallest absolute Gasteiger partial charge is 0.350 e. The average Bonchev–Trinajstić information content (AvgIpc) is 3.11. The van der Waals surface area contributed by atoms with Crippen LogP contribution in [-0.2, 0) is 4.74 Å². The Hall–Kier alpha value is -2.60. The van der Waals surface area contributed by atoms with Crippen molar-refractivity contribution in [2.24, 2.45) is 0 Å². The lowest BCUT2D eigenvalue weighted by atomic mass is 10.2. The number of esters is 1. The van der Waals surface area contributed by atoms with E-state index in [0.717, 1.165) is 6.20 Å². The number of thioether (sulfide) groups is 2. The summed E-state index contributed by atoms with van der Waals surface area (Å²) in [7, 11) is 0. The minimum absolute atomic E-state index is 0.0707. The molecular formula is C15H13FN4O5S2. The van der Waals surface area contributed by atoms with Gasteiger partial charge < -0.3 is 10.5 Å². The van der Waals surface area contributed by atoms with Crippen molar-refractivity contribution in [1.82, 2.24) is 9.55 Å². The van der Waals surface area contributed by atoms with Gasteiger partial charge in [-0.15, -0.1) is 23.5 Å². The number of carbonyl (C=O) groups is 1. The molecule has 1 saturated heterocycles. The number of rotatable bonds is 5. The molecule has 0 amide bonds. The first kappa shape index (κ1) is 19.2. The topological polar surface area (TPSA) is 130 Å². The van der Waals surface area contributed by atoms with E-state index in [-0.39, 0.29) is 27.8 Å². The van der Waals surface area contributed by atoms with Gasteiger partial charge >= 0.3 is 11.7 Å². The van der Waals surface area contributed by atoms with Gasteiger partial charge in [0, 0.05) is 24.1 Å². The number of ether oxygens (including phenoxy) is 1. The van der Waals surface area contributed by atoms with Crippen molar-refractivity contribution < 1.29 is 18.8 Å². The number of hydrogen-bond donors (Lipinski definition) is 1. The Morgan fingerprint density at radius 3 is 2.81 bits per heavy atom. The Labute approximate surface area is 160 Å². The van der Waals surface area contributed by atoms with Crippen LogP contribution in [0.2, 0.25) is 0 Å². The number of non-ortho nitro benzene ring substituents is 1. The number of halogens is 1. The van der Waals surface area contributed by atoms with Crippen molar-refractivity contribution in [1.29, 1.82) is 0 Å². The van der Waals surface area contributed by atoms with E-state index in [1.165, 1.54) is 52.4 Å². The largest absolute Gasteiger partial charge is 0.460 e. The molecule has 1 aromatic carbocycles. The third-order valence-electron chi connectivity index (χ3n) is 3.64. The number of anilines is 1. The summed E-state index contributed by atoms with van der Waals surface area (Å²) in [4.78, 5) is 37.4. The monoisotopic (exact) mass is 412 g/mol. The van der Waals surface area contributed by atoms with Crippen LogP contribution in [0.15, 0.2) is 35.3 Å². The Balaban J connectivity index is 1.57. The summed E-state index contributed by atoms with van der Waals surface area (Å²) in [5.74, 6) is -1.31. The van der Waals surface area contributed by atoms with Gasteiger partial charge in [-0.05, 0) is 12.1 Å². The summed E-state index contributed by atoms with van der Waals surface area (Å²) >= 11 is 2.81. The minimum atomic E-state index is -0.770. The number of carbonyl (C=O) groups excluding carboxylic acids is 1. The molecule has 1 fully saturated rings. The molecule has 12 heteroatoms. The van der Waals surface area contributed by atoms with Crippen LogP contribution >= 0.6 is 23.5 Å². The first-order chi connectivity index (χ1) is 12.8. The first-order valence-corrected chi connectivity index (χ1v) is 9.57. The molecule has 1 aliphatic rings. The summed E-state index contributed by atoms with van der Waals surface area (Å²) in [6, 6.07) is 5.09. The molecule has 2 atom stereocenters. The van der Waals surface area contributed by atoms with Gasteiger partial charge in [-0.25, -0.2) is 14.0 Å². The Bertz CT molecular complexity index is 937. The SMILES string of the molecule is Nc1nc(=O)n([C@@H]2CS[C@H](COC(=O)c3ccc([N+](=O)[O-])cc3)S2)cc1F. The molecule has 0 spiro atoms. The highest BCUT2D eigenvalue weighted by atomic mass is 32.2. The van der Waals surface area contributed by atoms with Gasteiger partial charge in [-0.3, -0.25) is 14.7 Å². The summed E-state index contributed by atoms with van der Waals surface area (Å²) in [6.45, 7) is 0.0707. The van der Waals surface area contributed by atoms with Crippen LogP contribution in [0, 0.1) is 15.9 Å². The van der Waals surface area contributed by atoms with E-state index in [4.69, 9.17) is 10.5 Å². The molecule has 0 bridgehead atoms. The fraction of sp³-hybridized carbons (Fsp3) is 0.267. The van der Waals surface area contributed by atoms with Gasteiger partial charge in [-0.2, -0.15) is 4.98 Å². The van der Waals surface area contributed by atoms with Crippen molar-refractivity contribution in [2.45, 2.75) is 9.96 Å². The predicted molar refractivity (Wildman–Crippen MR) is 99.1 cm³/mol. The molecule has 3 rings (SSSR count). The quantitative estimate of drug-likeness (QED) is 0.445. The van der Waals surface area contributed by atoms with Crippen molar-refractivity contribution in [3.8, 4) is 0 Å². The van der Waals surface area contributed by atoms with Crippen molar-refractivity contribution >= 4 is 41.0 Å². The van der Waals surface area contributed by atoms with E-state index in [9.17, 15) is 24.1 Å². The van der Waals surface area contributed by atoms with Crippen molar-refractivity contribution in [2.75, 3.05) is 18.1 Å². The first-order valence-electron chi connectivity index (χ1n) is 7.58. The maximum Gasteiger partial charge on any atom is 0.350 e. The zero-order chi connectivity index (χ0) is 19.6. The number of nitro benzene ring substituents is 1. The summed E-state index contributed by atoms with van der Waals surface area (Å²) in [6.07, 6.45) is 1.02. The van der Waals surface area contributed by atoms with Crippen LogP contribution in [0.3, 0.4) is 0 Å². The zero-order valence-corrected chi connectivity index (χ0v) is 15.2. The fourth-order valence-corrected chi connectivity index (χ4v) is 5.25. The molecular weight excluding hydrogens is 399 g/mol. The molecule has 27 heavy (non-hydrogen) atoms. The van der Waals surface area contributed by atoms with E-state index >= 15 is 0 Å². The molecule has 2 aromatic rings. The van der Waals surface area contributed by atoms with Crippen LogP contribution in [0.5, 0.6) is 0 Å². The van der Waals surface area contributed by atoms with Crippen LogP contribution in [0.4, 0.5) is 15.9 Å². The zero-order valence-electron chi connectivity index (χ0n) is 13.6. The maximum absolute atomic E-state index is 13.6. The molecule has 0 aliphatic carbocycles. The second-order valence-electron chi connectivity index (χ2n) is 5.42. The predicted octanol–water partition coefficient (Wildman–Crippen LogP) is 2.03. The molecule has 0 unspecified atom stereocenters. The van der Waals surface area contributed by atoms with Crippen molar-refractivity contribution in [3.05, 3.63) is 62.4 Å². The summed E-state index contributed by atoms with van der Waals surface area (Å²) in [5.41, 5.74) is 4.71. The van der Waals surface area contributed by atoms with E-state index in [1.807, 2.05) is 0 Å². The third kappa shape index (κ3) is 4.39. The number of nitrogens with zero attached hydrogens (tertiary/aromatic N) is 3. The number of nitrogens with two attached hydrogens (primary N) is 1. The van der Waals surface area contributed by atoms with E-state index < -0.39 is 28.2 Å². The molecule has 0 radical (unpaired) electrons. The Morgan fingerprint density at radius 2 is 2.15 bits per heavy atom. The van der Waals surface area contributed by atoms with Gasteiger partial charge in [0.1, 0.15) is 6.61 Å². The van der Waals surface area contributed by atoms with Gasteiger partial charge in [0.05, 0.1) is 20.4 Å². The maximum atomic E-state index is 13.6. The lowest BCUT2D eigenvalue weighted by Crippen LogP contribution is -2.27. The molecule has 0 saturated carbocycles. The molecule has 2 N–H and O–H groups in total. The molecule has 142 valence electrons. The standard InChI is InChI=1S/C15H13FN4O5S2/c16-10-5-19(15(22)18-13(10)17)11-7-26-12(27-11)6-25-14(21)8-1-3-9(4-2-8)20(23)24/h1-5,11-12H,6-7H2,(H2,17,18,22)/t11-,12-/m0/s1. The number of nitrogen functional groups attached to an aromatic ring is 1. The van der Waals surface area contributed by atoms with Crippen LogP contribution in [-0.4, -0.2) is 37.4 Å².